The number of fused-ring (bicyclic) bond motifs is 1. The summed E-state index contributed by atoms with van der Waals surface area (Å²) < 4.78 is 9.94. The van der Waals surface area contributed by atoms with Crippen LogP contribution in [0.15, 0.2) is 0 Å². The monoisotopic (exact) mass is 312 g/mol. The van der Waals surface area contributed by atoms with Crippen LogP contribution < -0.4 is 5.32 Å². The van der Waals surface area contributed by atoms with Gasteiger partial charge in [0.2, 0.25) is 0 Å². The number of rotatable bonds is 5. The minimum atomic E-state index is -0.368. The van der Waals surface area contributed by atoms with E-state index in [1.807, 2.05) is 7.05 Å². The smallest absolute Gasteiger partial charge is 0.341 e. The Kier molecular flexibility index (Phi) is 5.33. The van der Waals surface area contributed by atoms with Gasteiger partial charge < -0.3 is 19.7 Å². The highest BCUT2D eigenvalue weighted by atomic mass is 32.1. The Labute approximate surface area is 128 Å². The number of likely N-dealkylation sites (N-methyl/N-ethyl adjacent to an activating group) is 1. The highest BCUT2D eigenvalue weighted by molar-refractivity contribution is 7.17. The van der Waals surface area contributed by atoms with Crippen molar-refractivity contribution in [1.82, 2.24) is 4.90 Å². The highest BCUT2D eigenvalue weighted by Crippen LogP contribution is 2.37. The van der Waals surface area contributed by atoms with Gasteiger partial charge in [-0.05, 0) is 26.0 Å². The standard InChI is InChI=1S/C14H20N2O4S/c1-4-20-14(18)12-9-5-6-16(2)7-10(9)21-13(12)15-11(17)8-19-3/h4-8H2,1-3H3,(H,15,17). The molecule has 0 unspecified atom stereocenters. The van der Waals surface area contributed by atoms with Crippen molar-refractivity contribution in [3.63, 3.8) is 0 Å². The van der Waals surface area contributed by atoms with E-state index < -0.39 is 0 Å². The van der Waals surface area contributed by atoms with Crippen LogP contribution in [0.5, 0.6) is 0 Å². The van der Waals surface area contributed by atoms with E-state index in [0.717, 1.165) is 30.0 Å². The van der Waals surface area contributed by atoms with Crippen molar-refractivity contribution in [2.24, 2.45) is 0 Å². The number of esters is 1. The summed E-state index contributed by atoms with van der Waals surface area (Å²) in [7, 11) is 3.50. The molecule has 0 radical (unpaired) electrons. The molecule has 0 aliphatic carbocycles. The van der Waals surface area contributed by atoms with E-state index in [-0.39, 0.29) is 18.5 Å². The molecule has 1 N–H and O–H groups in total. The lowest BCUT2D eigenvalue weighted by Crippen LogP contribution is -2.26. The molecule has 21 heavy (non-hydrogen) atoms. The number of ether oxygens (including phenoxy) is 2. The molecule has 1 aromatic heterocycles. The van der Waals surface area contributed by atoms with Crippen LogP contribution in [0.25, 0.3) is 0 Å². The summed E-state index contributed by atoms with van der Waals surface area (Å²) in [5.74, 6) is -0.637. The average Bonchev–Trinajstić information content (AvgIpc) is 2.75. The van der Waals surface area contributed by atoms with Crippen LogP contribution in [-0.2, 0) is 27.2 Å². The van der Waals surface area contributed by atoms with Crippen molar-refractivity contribution in [2.45, 2.75) is 19.9 Å². The van der Waals surface area contributed by atoms with E-state index in [4.69, 9.17) is 9.47 Å². The van der Waals surface area contributed by atoms with Crippen molar-refractivity contribution < 1.29 is 19.1 Å². The summed E-state index contributed by atoms with van der Waals surface area (Å²) >= 11 is 1.44. The second-order valence-electron chi connectivity index (χ2n) is 4.90. The lowest BCUT2D eigenvalue weighted by molar-refractivity contribution is -0.119. The molecule has 0 saturated carbocycles. The van der Waals surface area contributed by atoms with Gasteiger partial charge in [-0.3, -0.25) is 4.79 Å². The number of anilines is 1. The third kappa shape index (κ3) is 3.61. The number of nitrogens with one attached hydrogen (secondary N) is 1. The first-order valence-corrected chi connectivity index (χ1v) is 7.67. The molecule has 0 atom stereocenters. The van der Waals surface area contributed by atoms with Gasteiger partial charge in [-0.2, -0.15) is 0 Å². The highest BCUT2D eigenvalue weighted by Gasteiger charge is 2.28. The zero-order valence-corrected chi connectivity index (χ0v) is 13.3. The Bertz CT molecular complexity index is 541. The number of thiophene rings is 1. The van der Waals surface area contributed by atoms with Crippen LogP contribution in [0.2, 0.25) is 0 Å². The molecule has 0 saturated heterocycles. The fourth-order valence-electron chi connectivity index (χ4n) is 2.33. The van der Waals surface area contributed by atoms with Gasteiger partial charge in [0.25, 0.3) is 5.91 Å². The minimum absolute atomic E-state index is 0.0370. The molecule has 7 heteroatoms. The lowest BCUT2D eigenvalue weighted by Gasteiger charge is -2.22. The molecular formula is C14H20N2O4S. The van der Waals surface area contributed by atoms with Gasteiger partial charge in [0, 0.05) is 25.1 Å². The molecule has 0 aromatic carbocycles. The molecule has 2 heterocycles. The van der Waals surface area contributed by atoms with Gasteiger partial charge >= 0.3 is 5.97 Å². The Morgan fingerprint density at radius 2 is 2.19 bits per heavy atom. The SMILES string of the molecule is CCOC(=O)c1c(NC(=O)COC)sc2c1CCN(C)C2. The Morgan fingerprint density at radius 3 is 2.86 bits per heavy atom. The van der Waals surface area contributed by atoms with Crippen molar-refractivity contribution in [3.8, 4) is 0 Å². The van der Waals surface area contributed by atoms with E-state index in [0.29, 0.717) is 17.2 Å². The van der Waals surface area contributed by atoms with E-state index in [2.05, 4.69) is 10.2 Å². The molecule has 116 valence electrons. The quantitative estimate of drug-likeness (QED) is 0.835. The van der Waals surface area contributed by atoms with Gasteiger partial charge in [-0.1, -0.05) is 0 Å². The first kappa shape index (κ1) is 15.9. The number of amides is 1. The topological polar surface area (TPSA) is 67.9 Å². The number of nitrogens with zero attached hydrogens (tertiary/aromatic N) is 1. The number of carbonyl (C=O) groups is 2. The average molecular weight is 312 g/mol. The number of hydrogen-bond acceptors (Lipinski definition) is 6. The summed E-state index contributed by atoms with van der Waals surface area (Å²) in [5, 5.41) is 3.32. The molecule has 6 nitrogen and oxygen atoms in total. The Morgan fingerprint density at radius 1 is 1.43 bits per heavy atom. The normalized spacial score (nSPS) is 14.6. The van der Waals surface area contributed by atoms with E-state index in [1.165, 1.54) is 18.4 Å². The third-order valence-corrected chi connectivity index (χ3v) is 4.39. The molecule has 1 aliphatic heterocycles. The van der Waals surface area contributed by atoms with E-state index >= 15 is 0 Å². The fraction of sp³-hybridized carbons (Fsp3) is 0.571. The lowest BCUT2D eigenvalue weighted by atomic mass is 10.0. The van der Waals surface area contributed by atoms with Crippen LogP contribution in [0.1, 0.15) is 27.7 Å². The third-order valence-electron chi connectivity index (χ3n) is 3.26. The summed E-state index contributed by atoms with van der Waals surface area (Å²) in [4.78, 5) is 27.2. The van der Waals surface area contributed by atoms with Crippen LogP contribution in [0, 0.1) is 0 Å². The molecule has 1 amide bonds. The molecule has 2 rings (SSSR count). The number of carbonyl (C=O) groups excluding carboxylic acids is 2. The van der Waals surface area contributed by atoms with Crippen LogP contribution >= 0.6 is 11.3 Å². The Hall–Kier alpha value is -1.44. The zero-order valence-electron chi connectivity index (χ0n) is 12.5. The van der Waals surface area contributed by atoms with Gasteiger partial charge in [-0.25, -0.2) is 4.79 Å². The molecule has 1 aromatic rings. The van der Waals surface area contributed by atoms with Crippen molar-refractivity contribution in [3.05, 3.63) is 16.0 Å². The number of methoxy groups -OCH3 is 1. The van der Waals surface area contributed by atoms with Crippen molar-refractivity contribution in [2.75, 3.05) is 39.2 Å². The summed E-state index contributed by atoms with van der Waals surface area (Å²) in [6.07, 6.45) is 0.788. The fourth-order valence-corrected chi connectivity index (χ4v) is 3.66. The van der Waals surface area contributed by atoms with Gasteiger partial charge in [0.1, 0.15) is 11.6 Å². The van der Waals surface area contributed by atoms with Gasteiger partial charge in [-0.15, -0.1) is 11.3 Å². The van der Waals surface area contributed by atoms with Crippen LogP contribution in [0.3, 0.4) is 0 Å². The predicted octanol–water partition coefficient (Wildman–Crippen LogP) is 1.50. The van der Waals surface area contributed by atoms with Gasteiger partial charge in [0.15, 0.2) is 0 Å². The van der Waals surface area contributed by atoms with Crippen molar-refractivity contribution >= 4 is 28.2 Å². The molecule has 1 aliphatic rings. The second-order valence-corrected chi connectivity index (χ2v) is 6.00. The molecule has 0 spiro atoms. The zero-order chi connectivity index (χ0) is 15.4. The second kappa shape index (κ2) is 7.02. The maximum absolute atomic E-state index is 12.2. The summed E-state index contributed by atoms with van der Waals surface area (Å²) in [6, 6.07) is 0. The van der Waals surface area contributed by atoms with E-state index in [1.54, 1.807) is 6.92 Å². The van der Waals surface area contributed by atoms with Gasteiger partial charge in [0.05, 0.1) is 12.2 Å². The largest absolute Gasteiger partial charge is 0.462 e. The predicted molar refractivity (Wildman–Crippen MR) is 80.8 cm³/mol. The first-order chi connectivity index (χ1) is 10.1. The molecule has 0 fully saturated rings. The minimum Gasteiger partial charge on any atom is -0.462 e. The molecular weight excluding hydrogens is 292 g/mol. The Balaban J connectivity index is 2.33. The van der Waals surface area contributed by atoms with Crippen molar-refractivity contribution in [1.29, 1.82) is 0 Å². The summed E-state index contributed by atoms with van der Waals surface area (Å²) in [6.45, 7) is 3.72. The summed E-state index contributed by atoms with van der Waals surface area (Å²) in [5.41, 5.74) is 1.51. The first-order valence-electron chi connectivity index (χ1n) is 6.85. The maximum Gasteiger partial charge on any atom is 0.341 e. The van der Waals surface area contributed by atoms with Crippen LogP contribution in [-0.4, -0.2) is 50.7 Å². The van der Waals surface area contributed by atoms with Crippen LogP contribution in [0.4, 0.5) is 5.00 Å². The molecule has 0 bridgehead atoms. The van der Waals surface area contributed by atoms with E-state index in [9.17, 15) is 9.59 Å². The maximum atomic E-state index is 12.2. The number of hydrogen-bond donors (Lipinski definition) is 1.